The number of nitrogens with zero attached hydrogens (tertiary/aromatic N) is 1. The van der Waals surface area contributed by atoms with Gasteiger partial charge in [0.05, 0.1) is 6.04 Å². The van der Waals surface area contributed by atoms with Crippen molar-refractivity contribution in [2.24, 2.45) is 5.73 Å². The lowest BCUT2D eigenvalue weighted by molar-refractivity contribution is -0.133. The van der Waals surface area contributed by atoms with Gasteiger partial charge in [-0.3, -0.25) is 4.79 Å². The fourth-order valence-corrected chi connectivity index (χ4v) is 3.02. The second-order valence-electron chi connectivity index (χ2n) is 5.53. The summed E-state index contributed by atoms with van der Waals surface area (Å²) in [6.07, 6.45) is 2.59. The number of nitrogens with one attached hydrogen (secondary N) is 1. The molecule has 1 aromatic carbocycles. The van der Waals surface area contributed by atoms with Crippen LogP contribution in [0.2, 0.25) is 0 Å². The third kappa shape index (κ3) is 2.20. The van der Waals surface area contributed by atoms with E-state index in [2.05, 4.69) is 24.0 Å². The van der Waals surface area contributed by atoms with E-state index >= 15 is 0 Å². The Hall–Kier alpha value is -1.81. The van der Waals surface area contributed by atoms with Gasteiger partial charge in [-0.15, -0.1) is 0 Å². The number of aromatic amines is 1. The van der Waals surface area contributed by atoms with Crippen molar-refractivity contribution < 1.29 is 4.79 Å². The zero-order valence-corrected chi connectivity index (χ0v) is 11.9. The van der Waals surface area contributed by atoms with Crippen LogP contribution in [-0.4, -0.2) is 28.4 Å². The topological polar surface area (TPSA) is 62.1 Å². The van der Waals surface area contributed by atoms with Crippen molar-refractivity contribution in [3.63, 3.8) is 0 Å². The van der Waals surface area contributed by atoms with Crippen molar-refractivity contribution in [1.29, 1.82) is 0 Å². The first kappa shape index (κ1) is 13.2. The Kier molecular flexibility index (Phi) is 3.49. The predicted molar refractivity (Wildman–Crippen MR) is 80.3 cm³/mol. The maximum Gasteiger partial charge on any atom is 0.239 e. The fraction of sp³-hybridized carbons (Fsp3) is 0.438. The number of nitrogens with two attached hydrogens (primary N) is 1. The first-order chi connectivity index (χ1) is 9.70. The standard InChI is InChI=1S/C16H21N3O/c1-2-5-13(17)16(20)19-9-8-15-12(10-19)11-6-3-4-7-14(11)18-15/h3-4,6-7,13,18H,2,5,8-10,17H2,1H3. The molecule has 0 spiro atoms. The molecule has 1 atom stereocenters. The molecule has 1 aromatic heterocycles. The van der Waals surface area contributed by atoms with Crippen molar-refractivity contribution in [2.45, 2.75) is 38.8 Å². The third-order valence-electron chi connectivity index (χ3n) is 4.11. The number of benzene rings is 1. The van der Waals surface area contributed by atoms with E-state index < -0.39 is 0 Å². The highest BCUT2D eigenvalue weighted by atomic mass is 16.2. The molecule has 1 aliphatic heterocycles. The van der Waals surface area contributed by atoms with E-state index in [1.165, 1.54) is 16.6 Å². The third-order valence-corrected chi connectivity index (χ3v) is 4.11. The number of para-hydroxylation sites is 1. The summed E-state index contributed by atoms with van der Waals surface area (Å²) in [6.45, 7) is 3.49. The first-order valence-corrected chi connectivity index (χ1v) is 7.33. The average Bonchev–Trinajstić information content (AvgIpc) is 2.84. The number of carbonyl (C=O) groups is 1. The van der Waals surface area contributed by atoms with Crippen molar-refractivity contribution in [3.05, 3.63) is 35.5 Å². The van der Waals surface area contributed by atoms with Gasteiger partial charge in [0.25, 0.3) is 0 Å². The van der Waals surface area contributed by atoms with Crippen LogP contribution >= 0.6 is 0 Å². The summed E-state index contributed by atoms with van der Waals surface area (Å²) in [5.41, 5.74) is 9.64. The molecule has 4 nitrogen and oxygen atoms in total. The van der Waals surface area contributed by atoms with Gasteiger partial charge in [0, 0.05) is 41.7 Å². The summed E-state index contributed by atoms with van der Waals surface area (Å²) in [4.78, 5) is 17.7. The maximum absolute atomic E-state index is 12.3. The lowest BCUT2D eigenvalue weighted by Gasteiger charge is -2.29. The molecule has 106 valence electrons. The summed E-state index contributed by atoms with van der Waals surface area (Å²) < 4.78 is 0. The summed E-state index contributed by atoms with van der Waals surface area (Å²) in [6, 6.07) is 7.92. The van der Waals surface area contributed by atoms with Crippen LogP contribution in [0.3, 0.4) is 0 Å². The lowest BCUT2D eigenvalue weighted by atomic mass is 10.0. The van der Waals surface area contributed by atoms with Crippen LogP contribution in [0.4, 0.5) is 0 Å². The van der Waals surface area contributed by atoms with Crippen molar-refractivity contribution in [1.82, 2.24) is 9.88 Å². The molecule has 1 amide bonds. The minimum Gasteiger partial charge on any atom is -0.358 e. The van der Waals surface area contributed by atoms with Gasteiger partial charge in [-0.25, -0.2) is 0 Å². The fourth-order valence-electron chi connectivity index (χ4n) is 3.02. The Morgan fingerprint density at radius 1 is 1.45 bits per heavy atom. The number of amides is 1. The molecule has 20 heavy (non-hydrogen) atoms. The molecule has 3 rings (SSSR count). The zero-order chi connectivity index (χ0) is 14.1. The number of aromatic nitrogens is 1. The molecule has 0 saturated heterocycles. The Morgan fingerprint density at radius 3 is 3.05 bits per heavy atom. The SMILES string of the molecule is CCCC(N)C(=O)N1CCc2[nH]c3ccccc3c2C1. The van der Waals surface area contributed by atoms with Crippen LogP contribution in [0.5, 0.6) is 0 Å². The number of rotatable bonds is 3. The van der Waals surface area contributed by atoms with Gasteiger partial charge < -0.3 is 15.6 Å². The highest BCUT2D eigenvalue weighted by molar-refractivity contribution is 5.87. The maximum atomic E-state index is 12.3. The highest BCUT2D eigenvalue weighted by Gasteiger charge is 2.26. The molecular formula is C16H21N3O. The molecule has 0 radical (unpaired) electrons. The molecule has 1 aliphatic rings. The van der Waals surface area contributed by atoms with E-state index in [4.69, 9.17) is 5.73 Å². The largest absolute Gasteiger partial charge is 0.358 e. The average molecular weight is 271 g/mol. The first-order valence-electron chi connectivity index (χ1n) is 7.33. The number of carbonyl (C=O) groups excluding carboxylic acids is 1. The zero-order valence-electron chi connectivity index (χ0n) is 11.9. The normalized spacial score (nSPS) is 16.2. The van der Waals surface area contributed by atoms with Gasteiger partial charge in [-0.1, -0.05) is 31.5 Å². The Balaban J connectivity index is 1.86. The van der Waals surface area contributed by atoms with Crippen LogP contribution in [0.25, 0.3) is 10.9 Å². The van der Waals surface area contributed by atoms with Crippen LogP contribution in [0.1, 0.15) is 31.0 Å². The van der Waals surface area contributed by atoms with Crippen LogP contribution < -0.4 is 5.73 Å². The molecule has 0 saturated carbocycles. The van der Waals surface area contributed by atoms with E-state index in [-0.39, 0.29) is 11.9 Å². The molecule has 0 bridgehead atoms. The summed E-state index contributed by atoms with van der Waals surface area (Å²) in [7, 11) is 0. The minimum absolute atomic E-state index is 0.0859. The number of hydrogen-bond acceptors (Lipinski definition) is 2. The number of hydrogen-bond donors (Lipinski definition) is 2. The van der Waals surface area contributed by atoms with Gasteiger partial charge >= 0.3 is 0 Å². The van der Waals surface area contributed by atoms with Crippen molar-refractivity contribution >= 4 is 16.8 Å². The lowest BCUT2D eigenvalue weighted by Crippen LogP contribution is -2.45. The van der Waals surface area contributed by atoms with Gasteiger partial charge in [0.2, 0.25) is 5.91 Å². The monoisotopic (exact) mass is 271 g/mol. The van der Waals surface area contributed by atoms with Crippen LogP contribution in [-0.2, 0) is 17.8 Å². The van der Waals surface area contributed by atoms with Crippen LogP contribution in [0.15, 0.2) is 24.3 Å². The summed E-state index contributed by atoms with van der Waals surface area (Å²) in [5, 5.41) is 1.23. The van der Waals surface area contributed by atoms with E-state index in [0.29, 0.717) is 6.54 Å². The Morgan fingerprint density at radius 2 is 2.25 bits per heavy atom. The summed E-state index contributed by atoms with van der Waals surface area (Å²) in [5.74, 6) is 0.0859. The van der Waals surface area contributed by atoms with E-state index in [0.717, 1.165) is 31.3 Å². The van der Waals surface area contributed by atoms with Crippen molar-refractivity contribution in [2.75, 3.05) is 6.54 Å². The Bertz CT molecular complexity index is 632. The molecule has 2 aromatic rings. The number of fused-ring (bicyclic) bond motifs is 3. The van der Waals surface area contributed by atoms with Gasteiger partial charge in [0.1, 0.15) is 0 Å². The van der Waals surface area contributed by atoms with Crippen molar-refractivity contribution in [3.8, 4) is 0 Å². The smallest absolute Gasteiger partial charge is 0.239 e. The quantitative estimate of drug-likeness (QED) is 0.898. The van der Waals surface area contributed by atoms with Gasteiger partial charge in [-0.05, 0) is 12.5 Å². The molecule has 4 heteroatoms. The molecule has 0 aliphatic carbocycles. The number of H-pyrrole nitrogens is 1. The van der Waals surface area contributed by atoms with E-state index in [9.17, 15) is 4.79 Å². The van der Waals surface area contributed by atoms with Gasteiger partial charge in [-0.2, -0.15) is 0 Å². The van der Waals surface area contributed by atoms with E-state index in [1.807, 2.05) is 17.0 Å². The van der Waals surface area contributed by atoms with Gasteiger partial charge in [0.15, 0.2) is 0 Å². The highest BCUT2D eigenvalue weighted by Crippen LogP contribution is 2.27. The second kappa shape index (κ2) is 5.29. The predicted octanol–water partition coefficient (Wildman–Crippen LogP) is 2.18. The van der Waals surface area contributed by atoms with Crippen LogP contribution in [0, 0.1) is 0 Å². The molecule has 3 N–H and O–H groups in total. The van der Waals surface area contributed by atoms with E-state index in [1.54, 1.807) is 0 Å². The molecular weight excluding hydrogens is 250 g/mol. The minimum atomic E-state index is -0.355. The molecule has 0 fully saturated rings. The summed E-state index contributed by atoms with van der Waals surface area (Å²) >= 11 is 0. The molecule has 1 unspecified atom stereocenters. The second-order valence-corrected chi connectivity index (χ2v) is 5.53. The molecule has 2 heterocycles. The Labute approximate surface area is 118 Å².